The Kier molecular flexibility index (Phi) is 7.89. The molecule has 1 aromatic carbocycles. The van der Waals surface area contributed by atoms with E-state index in [-0.39, 0.29) is 11.8 Å². The second kappa shape index (κ2) is 11.1. The molecule has 34 heavy (non-hydrogen) atoms. The standard InChI is InChI=1S/C24H31N5O4S/c30-23(27-15-17-28(18-16-27)24(31)22-19-25-11-12-26-22)10-7-20-5-8-21(9-6-20)34(32,33)29-13-3-1-2-4-14-29/h5-6,8-9,11-12,19H,1-4,7,10,13-18H2. The summed E-state index contributed by atoms with van der Waals surface area (Å²) < 4.78 is 27.4. The van der Waals surface area contributed by atoms with Crippen molar-refractivity contribution in [3.63, 3.8) is 0 Å². The van der Waals surface area contributed by atoms with Crippen molar-refractivity contribution < 1.29 is 18.0 Å². The first-order valence-electron chi connectivity index (χ1n) is 11.9. The number of carbonyl (C=O) groups excluding carboxylic acids is 2. The molecular weight excluding hydrogens is 454 g/mol. The third-order valence-electron chi connectivity index (χ3n) is 6.46. The molecule has 2 aromatic rings. The van der Waals surface area contributed by atoms with Gasteiger partial charge in [-0.3, -0.25) is 14.6 Å². The number of piperazine rings is 1. The van der Waals surface area contributed by atoms with Gasteiger partial charge < -0.3 is 9.80 Å². The molecule has 4 rings (SSSR count). The van der Waals surface area contributed by atoms with Gasteiger partial charge >= 0.3 is 0 Å². The number of aromatic nitrogens is 2. The van der Waals surface area contributed by atoms with Crippen molar-refractivity contribution in [2.45, 2.75) is 43.4 Å². The minimum atomic E-state index is -3.47. The van der Waals surface area contributed by atoms with Gasteiger partial charge in [0.15, 0.2) is 0 Å². The van der Waals surface area contributed by atoms with Crippen LogP contribution in [0.4, 0.5) is 0 Å². The van der Waals surface area contributed by atoms with E-state index in [2.05, 4.69) is 9.97 Å². The van der Waals surface area contributed by atoms with Gasteiger partial charge in [-0.25, -0.2) is 13.4 Å². The molecule has 2 aliphatic rings. The summed E-state index contributed by atoms with van der Waals surface area (Å²) in [4.78, 5) is 36.9. The summed E-state index contributed by atoms with van der Waals surface area (Å²) in [5, 5.41) is 0. The van der Waals surface area contributed by atoms with Crippen LogP contribution in [-0.4, -0.2) is 83.6 Å². The lowest BCUT2D eigenvalue weighted by Crippen LogP contribution is -2.50. The fourth-order valence-electron chi connectivity index (χ4n) is 4.40. The monoisotopic (exact) mass is 485 g/mol. The lowest BCUT2D eigenvalue weighted by Gasteiger charge is -2.34. The maximum absolute atomic E-state index is 12.9. The van der Waals surface area contributed by atoms with Crippen LogP contribution in [0.2, 0.25) is 0 Å². The average Bonchev–Trinajstić information content (AvgIpc) is 3.18. The summed E-state index contributed by atoms with van der Waals surface area (Å²) in [6, 6.07) is 6.90. The van der Waals surface area contributed by atoms with Crippen molar-refractivity contribution in [3.05, 3.63) is 54.1 Å². The molecule has 0 saturated carbocycles. The van der Waals surface area contributed by atoms with E-state index in [1.165, 1.54) is 18.6 Å². The van der Waals surface area contributed by atoms with Gasteiger partial charge in [0.2, 0.25) is 15.9 Å². The number of hydrogen-bond acceptors (Lipinski definition) is 6. The summed E-state index contributed by atoms with van der Waals surface area (Å²) in [6.07, 6.45) is 9.31. The van der Waals surface area contributed by atoms with Crippen molar-refractivity contribution in [1.29, 1.82) is 0 Å². The van der Waals surface area contributed by atoms with Gasteiger partial charge in [0.25, 0.3) is 5.91 Å². The van der Waals surface area contributed by atoms with Crippen LogP contribution in [0.3, 0.4) is 0 Å². The van der Waals surface area contributed by atoms with E-state index >= 15 is 0 Å². The molecule has 10 heteroatoms. The maximum atomic E-state index is 12.9. The lowest BCUT2D eigenvalue weighted by molar-refractivity contribution is -0.132. The Morgan fingerprint density at radius 2 is 1.47 bits per heavy atom. The first-order valence-corrected chi connectivity index (χ1v) is 13.3. The molecule has 0 atom stereocenters. The predicted octanol–water partition coefficient (Wildman–Crippen LogP) is 1.96. The van der Waals surface area contributed by atoms with Gasteiger partial charge in [0, 0.05) is 58.1 Å². The summed E-state index contributed by atoms with van der Waals surface area (Å²) in [5.41, 5.74) is 1.24. The van der Waals surface area contributed by atoms with Gasteiger partial charge in [-0.05, 0) is 37.0 Å². The summed E-state index contributed by atoms with van der Waals surface area (Å²) in [6.45, 7) is 3.05. The molecule has 0 radical (unpaired) electrons. The van der Waals surface area contributed by atoms with Crippen LogP contribution in [0.5, 0.6) is 0 Å². The predicted molar refractivity (Wildman–Crippen MR) is 127 cm³/mol. The molecule has 0 unspecified atom stereocenters. The third-order valence-corrected chi connectivity index (χ3v) is 8.37. The van der Waals surface area contributed by atoms with Crippen LogP contribution in [0.15, 0.2) is 47.8 Å². The van der Waals surface area contributed by atoms with Crippen molar-refractivity contribution in [2.75, 3.05) is 39.3 Å². The van der Waals surface area contributed by atoms with Crippen molar-refractivity contribution in [1.82, 2.24) is 24.1 Å². The van der Waals surface area contributed by atoms with E-state index < -0.39 is 10.0 Å². The zero-order valence-electron chi connectivity index (χ0n) is 19.3. The Morgan fingerprint density at radius 3 is 2.09 bits per heavy atom. The largest absolute Gasteiger partial charge is 0.339 e. The molecule has 0 N–H and O–H groups in total. The zero-order chi connectivity index (χ0) is 24.0. The first kappa shape index (κ1) is 24.3. The first-order chi connectivity index (χ1) is 16.4. The molecule has 182 valence electrons. The molecule has 2 fully saturated rings. The van der Waals surface area contributed by atoms with E-state index in [9.17, 15) is 18.0 Å². The van der Waals surface area contributed by atoms with Crippen molar-refractivity contribution >= 4 is 21.8 Å². The molecule has 2 saturated heterocycles. The van der Waals surface area contributed by atoms with Gasteiger partial charge in [0.05, 0.1) is 11.1 Å². The van der Waals surface area contributed by atoms with E-state index in [1.54, 1.807) is 38.4 Å². The van der Waals surface area contributed by atoms with Gasteiger partial charge in [-0.1, -0.05) is 25.0 Å². The normalized spacial score (nSPS) is 17.9. The van der Waals surface area contributed by atoms with Crippen LogP contribution in [-0.2, 0) is 21.2 Å². The summed E-state index contributed by atoms with van der Waals surface area (Å²) >= 11 is 0. The minimum absolute atomic E-state index is 0.0351. The van der Waals surface area contributed by atoms with Crippen LogP contribution < -0.4 is 0 Å². The zero-order valence-corrected chi connectivity index (χ0v) is 20.1. The maximum Gasteiger partial charge on any atom is 0.274 e. The molecule has 2 aliphatic heterocycles. The molecule has 9 nitrogen and oxygen atoms in total. The number of sulfonamides is 1. The smallest absolute Gasteiger partial charge is 0.274 e. The highest BCUT2D eigenvalue weighted by Gasteiger charge is 2.26. The summed E-state index contributed by atoms with van der Waals surface area (Å²) in [5.74, 6) is -0.136. The SMILES string of the molecule is O=C(CCc1ccc(S(=O)(=O)N2CCCCCC2)cc1)N1CCN(C(=O)c2cnccn2)CC1. The fraction of sp³-hybridized carbons (Fsp3) is 0.500. The Labute approximate surface area is 200 Å². The van der Waals surface area contributed by atoms with Crippen LogP contribution in [0.1, 0.15) is 48.2 Å². The highest BCUT2D eigenvalue weighted by Crippen LogP contribution is 2.21. The van der Waals surface area contributed by atoms with Crippen molar-refractivity contribution in [2.24, 2.45) is 0 Å². The fourth-order valence-corrected chi connectivity index (χ4v) is 5.92. The molecule has 0 aliphatic carbocycles. The van der Waals surface area contributed by atoms with E-state index in [0.29, 0.717) is 62.7 Å². The number of benzene rings is 1. The van der Waals surface area contributed by atoms with Crippen LogP contribution in [0.25, 0.3) is 0 Å². The van der Waals surface area contributed by atoms with Gasteiger partial charge in [-0.15, -0.1) is 0 Å². The molecule has 0 spiro atoms. The lowest BCUT2D eigenvalue weighted by atomic mass is 10.1. The van der Waals surface area contributed by atoms with Gasteiger partial charge in [0.1, 0.15) is 5.69 Å². The second-order valence-electron chi connectivity index (χ2n) is 8.73. The Hall–Kier alpha value is -2.85. The highest BCUT2D eigenvalue weighted by atomic mass is 32.2. The molecule has 1 aromatic heterocycles. The highest BCUT2D eigenvalue weighted by molar-refractivity contribution is 7.89. The number of hydrogen-bond donors (Lipinski definition) is 0. The number of amides is 2. The topological polar surface area (TPSA) is 104 Å². The Morgan fingerprint density at radius 1 is 0.824 bits per heavy atom. The van der Waals surface area contributed by atoms with Crippen LogP contribution >= 0.6 is 0 Å². The van der Waals surface area contributed by atoms with E-state index in [0.717, 1.165) is 31.2 Å². The quantitative estimate of drug-likeness (QED) is 0.620. The molecule has 3 heterocycles. The van der Waals surface area contributed by atoms with Gasteiger partial charge in [-0.2, -0.15) is 4.31 Å². The number of aryl methyl sites for hydroxylation is 1. The summed E-state index contributed by atoms with van der Waals surface area (Å²) in [7, 11) is -3.47. The minimum Gasteiger partial charge on any atom is -0.339 e. The van der Waals surface area contributed by atoms with E-state index in [1.807, 2.05) is 0 Å². The molecular formula is C24H31N5O4S. The van der Waals surface area contributed by atoms with Crippen LogP contribution in [0, 0.1) is 0 Å². The van der Waals surface area contributed by atoms with E-state index in [4.69, 9.17) is 0 Å². The van der Waals surface area contributed by atoms with Crippen molar-refractivity contribution in [3.8, 4) is 0 Å². The third kappa shape index (κ3) is 5.79. The second-order valence-corrected chi connectivity index (χ2v) is 10.7. The molecule has 2 amide bonds. The number of rotatable bonds is 6. The number of carbonyl (C=O) groups is 2. The number of nitrogens with zero attached hydrogens (tertiary/aromatic N) is 5. The Bertz CT molecular complexity index is 1080. The molecule has 0 bridgehead atoms. The average molecular weight is 486 g/mol. The Balaban J connectivity index is 1.26.